The highest BCUT2D eigenvalue weighted by Crippen LogP contribution is 2.32. The molecule has 0 saturated carbocycles. The van der Waals surface area contributed by atoms with Crippen LogP contribution < -0.4 is 5.32 Å². The molecule has 0 aliphatic carbocycles. The zero-order chi connectivity index (χ0) is 16.4. The fraction of sp³-hybridized carbons (Fsp3) is 0.389. The van der Waals surface area contributed by atoms with Crippen LogP contribution in [0.1, 0.15) is 27.4 Å². The standard InChI is InChI=1S/C18H21FN2OS/c1-12-16(13-3-5-14(19)6-4-13)11-17(23-12)18(22)21(2)15-7-9-20-10-8-15/h3-6,11,15,20H,7-10H2,1-2H3. The van der Waals surface area contributed by atoms with Crippen molar-refractivity contribution >= 4 is 17.2 Å². The number of amides is 1. The van der Waals surface area contributed by atoms with Gasteiger partial charge >= 0.3 is 0 Å². The first-order chi connectivity index (χ1) is 11.1. The summed E-state index contributed by atoms with van der Waals surface area (Å²) in [5, 5.41) is 3.32. The van der Waals surface area contributed by atoms with Gasteiger partial charge in [0, 0.05) is 18.0 Å². The Kier molecular flexibility index (Phi) is 4.78. The summed E-state index contributed by atoms with van der Waals surface area (Å²) < 4.78 is 13.1. The van der Waals surface area contributed by atoms with Crippen molar-refractivity contribution in [3.8, 4) is 11.1 Å². The third-order valence-electron chi connectivity index (χ3n) is 4.46. The predicted octanol–water partition coefficient (Wildman–Crippen LogP) is 3.69. The quantitative estimate of drug-likeness (QED) is 0.930. The van der Waals surface area contributed by atoms with Crippen molar-refractivity contribution in [2.75, 3.05) is 20.1 Å². The van der Waals surface area contributed by atoms with Gasteiger partial charge in [-0.05, 0) is 62.2 Å². The van der Waals surface area contributed by atoms with Crippen molar-refractivity contribution in [3.05, 3.63) is 45.9 Å². The fourth-order valence-corrected chi connectivity index (χ4v) is 4.06. The summed E-state index contributed by atoms with van der Waals surface area (Å²) >= 11 is 1.51. The van der Waals surface area contributed by atoms with E-state index >= 15 is 0 Å². The van der Waals surface area contributed by atoms with Crippen LogP contribution in [0.3, 0.4) is 0 Å². The fourth-order valence-electron chi connectivity index (χ4n) is 3.04. The van der Waals surface area contributed by atoms with Gasteiger partial charge in [-0.2, -0.15) is 0 Å². The Hall–Kier alpha value is -1.72. The molecule has 1 aromatic heterocycles. The molecule has 1 fully saturated rings. The number of hydrogen-bond acceptors (Lipinski definition) is 3. The van der Waals surface area contributed by atoms with Gasteiger partial charge < -0.3 is 10.2 Å². The van der Waals surface area contributed by atoms with Gasteiger partial charge in [0.2, 0.25) is 0 Å². The van der Waals surface area contributed by atoms with E-state index in [9.17, 15) is 9.18 Å². The first-order valence-corrected chi connectivity index (χ1v) is 8.72. The molecule has 5 heteroatoms. The molecule has 0 bridgehead atoms. The maximum Gasteiger partial charge on any atom is 0.263 e. The number of halogens is 1. The SMILES string of the molecule is Cc1sc(C(=O)N(C)C2CCNCC2)cc1-c1ccc(F)cc1. The monoisotopic (exact) mass is 332 g/mol. The Bertz CT molecular complexity index is 690. The lowest BCUT2D eigenvalue weighted by molar-refractivity contribution is 0.0708. The molecule has 1 aromatic carbocycles. The van der Waals surface area contributed by atoms with Crippen LogP contribution in [0.4, 0.5) is 4.39 Å². The summed E-state index contributed by atoms with van der Waals surface area (Å²) in [4.78, 5) is 16.5. The third-order valence-corrected chi connectivity index (χ3v) is 5.50. The highest BCUT2D eigenvalue weighted by Gasteiger charge is 2.24. The Labute approximate surface area is 140 Å². The molecule has 3 rings (SSSR count). The number of rotatable bonds is 3. The van der Waals surface area contributed by atoms with E-state index in [0.29, 0.717) is 6.04 Å². The normalized spacial score (nSPS) is 15.6. The number of carbonyl (C=O) groups is 1. The Morgan fingerprint density at radius 2 is 1.91 bits per heavy atom. The maximum absolute atomic E-state index is 13.1. The summed E-state index contributed by atoms with van der Waals surface area (Å²) in [5.74, 6) is -0.165. The first-order valence-electron chi connectivity index (χ1n) is 7.90. The average Bonchev–Trinajstić information content (AvgIpc) is 2.97. The van der Waals surface area contributed by atoms with Gasteiger partial charge in [-0.15, -0.1) is 11.3 Å². The zero-order valence-electron chi connectivity index (χ0n) is 13.4. The Morgan fingerprint density at radius 3 is 2.57 bits per heavy atom. The molecular formula is C18H21FN2OS. The van der Waals surface area contributed by atoms with Crippen LogP contribution in [-0.4, -0.2) is 37.0 Å². The number of nitrogens with zero attached hydrogens (tertiary/aromatic N) is 1. The molecule has 2 heterocycles. The van der Waals surface area contributed by atoms with Gasteiger partial charge in [-0.25, -0.2) is 4.39 Å². The van der Waals surface area contributed by atoms with Gasteiger partial charge in [-0.3, -0.25) is 4.79 Å². The number of carbonyl (C=O) groups excluding carboxylic acids is 1. The van der Waals surface area contributed by atoms with Crippen LogP contribution >= 0.6 is 11.3 Å². The minimum absolute atomic E-state index is 0.0818. The number of benzene rings is 1. The number of aryl methyl sites for hydroxylation is 1. The first kappa shape index (κ1) is 16.1. The van der Waals surface area contributed by atoms with E-state index in [1.165, 1.54) is 23.5 Å². The van der Waals surface area contributed by atoms with Gasteiger partial charge in [0.05, 0.1) is 4.88 Å². The highest BCUT2D eigenvalue weighted by atomic mass is 32.1. The van der Waals surface area contributed by atoms with Crippen molar-refractivity contribution < 1.29 is 9.18 Å². The Morgan fingerprint density at radius 1 is 1.26 bits per heavy atom. The molecule has 1 aliphatic rings. The minimum atomic E-state index is -0.247. The second-order valence-corrected chi connectivity index (χ2v) is 7.24. The van der Waals surface area contributed by atoms with E-state index in [1.54, 1.807) is 12.1 Å². The van der Waals surface area contributed by atoms with E-state index < -0.39 is 0 Å². The lowest BCUT2D eigenvalue weighted by Gasteiger charge is -2.31. The van der Waals surface area contributed by atoms with Crippen LogP contribution in [0, 0.1) is 12.7 Å². The van der Waals surface area contributed by atoms with E-state index in [1.807, 2.05) is 24.9 Å². The lowest BCUT2D eigenvalue weighted by Crippen LogP contribution is -2.43. The summed E-state index contributed by atoms with van der Waals surface area (Å²) in [6.07, 6.45) is 1.99. The minimum Gasteiger partial charge on any atom is -0.338 e. The molecule has 0 spiro atoms. The van der Waals surface area contributed by atoms with E-state index in [0.717, 1.165) is 46.8 Å². The molecule has 122 valence electrons. The molecule has 0 unspecified atom stereocenters. The van der Waals surface area contributed by atoms with Crippen LogP contribution in [0.5, 0.6) is 0 Å². The second kappa shape index (κ2) is 6.81. The molecular weight excluding hydrogens is 311 g/mol. The molecule has 3 nitrogen and oxygen atoms in total. The van der Waals surface area contributed by atoms with Crippen LogP contribution in [-0.2, 0) is 0 Å². The number of hydrogen-bond donors (Lipinski definition) is 1. The molecule has 0 radical (unpaired) electrons. The molecule has 23 heavy (non-hydrogen) atoms. The summed E-state index contributed by atoms with van der Waals surface area (Å²) in [5.41, 5.74) is 1.96. The lowest BCUT2D eigenvalue weighted by atomic mass is 10.0. The summed E-state index contributed by atoms with van der Waals surface area (Å²) in [6.45, 7) is 3.93. The highest BCUT2D eigenvalue weighted by molar-refractivity contribution is 7.14. The zero-order valence-corrected chi connectivity index (χ0v) is 14.3. The van der Waals surface area contributed by atoms with Gasteiger partial charge in [0.1, 0.15) is 5.82 Å². The van der Waals surface area contributed by atoms with Gasteiger partial charge in [0.15, 0.2) is 0 Å². The molecule has 0 atom stereocenters. The van der Waals surface area contributed by atoms with Crippen molar-refractivity contribution in [2.24, 2.45) is 0 Å². The molecule has 1 amide bonds. The average molecular weight is 332 g/mol. The van der Waals surface area contributed by atoms with Crippen LogP contribution in [0.15, 0.2) is 30.3 Å². The van der Waals surface area contributed by atoms with Crippen molar-refractivity contribution in [1.82, 2.24) is 10.2 Å². The molecule has 2 aromatic rings. The van der Waals surface area contributed by atoms with Crippen LogP contribution in [0.25, 0.3) is 11.1 Å². The maximum atomic E-state index is 13.1. The van der Waals surface area contributed by atoms with Crippen LogP contribution in [0.2, 0.25) is 0 Å². The number of nitrogens with one attached hydrogen (secondary N) is 1. The summed E-state index contributed by atoms with van der Waals surface area (Å²) in [6, 6.07) is 8.67. The van der Waals surface area contributed by atoms with Crippen molar-refractivity contribution in [2.45, 2.75) is 25.8 Å². The van der Waals surface area contributed by atoms with E-state index in [4.69, 9.17) is 0 Å². The number of thiophene rings is 1. The molecule has 1 aliphatic heterocycles. The summed E-state index contributed by atoms with van der Waals surface area (Å²) in [7, 11) is 1.89. The predicted molar refractivity (Wildman–Crippen MR) is 92.4 cm³/mol. The van der Waals surface area contributed by atoms with Gasteiger partial charge in [-0.1, -0.05) is 12.1 Å². The van der Waals surface area contributed by atoms with E-state index in [2.05, 4.69) is 5.32 Å². The van der Waals surface area contributed by atoms with Crippen molar-refractivity contribution in [3.63, 3.8) is 0 Å². The largest absolute Gasteiger partial charge is 0.338 e. The molecule has 1 saturated heterocycles. The third kappa shape index (κ3) is 3.46. The van der Waals surface area contributed by atoms with E-state index in [-0.39, 0.29) is 11.7 Å². The molecule has 1 N–H and O–H groups in total. The number of piperidine rings is 1. The van der Waals surface area contributed by atoms with Crippen molar-refractivity contribution in [1.29, 1.82) is 0 Å². The second-order valence-electron chi connectivity index (χ2n) is 5.98. The topological polar surface area (TPSA) is 32.3 Å². The smallest absolute Gasteiger partial charge is 0.263 e. The van der Waals surface area contributed by atoms with Gasteiger partial charge in [0.25, 0.3) is 5.91 Å². The Balaban J connectivity index is 1.82.